The Hall–Kier alpha value is -1.14. The van der Waals surface area contributed by atoms with Crippen LogP contribution in [-0.4, -0.2) is 15.0 Å². The average Bonchev–Trinajstić information content (AvgIpc) is 2.65. The molecule has 15 heavy (non-hydrogen) atoms. The first-order valence-electron chi connectivity index (χ1n) is 4.35. The molecule has 0 aliphatic rings. The van der Waals surface area contributed by atoms with Crippen LogP contribution in [0.15, 0.2) is 22.1 Å². The Morgan fingerprint density at radius 3 is 3.00 bits per heavy atom. The summed E-state index contributed by atoms with van der Waals surface area (Å²) in [4.78, 5) is 12.6. The molecule has 78 valence electrons. The molecule has 0 amide bonds. The van der Waals surface area contributed by atoms with Crippen molar-refractivity contribution in [2.24, 2.45) is 0 Å². The van der Waals surface area contributed by atoms with Crippen LogP contribution in [0.2, 0.25) is 0 Å². The summed E-state index contributed by atoms with van der Waals surface area (Å²) in [7, 11) is 0. The number of thiazole rings is 1. The van der Waals surface area contributed by atoms with E-state index in [2.05, 4.69) is 15.0 Å². The highest BCUT2D eigenvalue weighted by Crippen LogP contribution is 2.20. The summed E-state index contributed by atoms with van der Waals surface area (Å²) in [6.07, 6.45) is 0. The van der Waals surface area contributed by atoms with Crippen LogP contribution < -0.4 is 5.73 Å². The van der Waals surface area contributed by atoms with Gasteiger partial charge in [0.1, 0.15) is 5.82 Å². The molecule has 0 aliphatic carbocycles. The van der Waals surface area contributed by atoms with Gasteiger partial charge in [-0.1, -0.05) is 11.8 Å². The van der Waals surface area contributed by atoms with E-state index in [1.807, 2.05) is 17.8 Å². The molecule has 0 bridgehead atoms. The van der Waals surface area contributed by atoms with Gasteiger partial charge in [0.05, 0.1) is 11.2 Å². The molecule has 0 spiro atoms. The Morgan fingerprint density at radius 1 is 1.47 bits per heavy atom. The molecule has 2 aromatic heterocycles. The first-order valence-corrected chi connectivity index (χ1v) is 6.28. The fourth-order valence-corrected chi connectivity index (χ4v) is 2.55. The van der Waals surface area contributed by atoms with Crippen molar-refractivity contribution < 1.29 is 0 Å². The second-order valence-corrected chi connectivity index (χ2v) is 4.65. The van der Waals surface area contributed by atoms with E-state index in [-0.39, 0.29) is 0 Å². The summed E-state index contributed by atoms with van der Waals surface area (Å²) < 4.78 is 0. The smallest absolute Gasteiger partial charge is 0.190 e. The molecule has 0 unspecified atom stereocenters. The quantitative estimate of drug-likeness (QED) is 0.655. The zero-order valence-electron chi connectivity index (χ0n) is 8.17. The highest BCUT2D eigenvalue weighted by Gasteiger charge is 2.02. The molecule has 2 rings (SSSR count). The molecule has 0 saturated heterocycles. The number of rotatable bonds is 3. The van der Waals surface area contributed by atoms with Gasteiger partial charge in [-0.25, -0.2) is 15.0 Å². The average molecular weight is 238 g/mol. The molecule has 0 aliphatic heterocycles. The van der Waals surface area contributed by atoms with Gasteiger partial charge < -0.3 is 5.73 Å². The van der Waals surface area contributed by atoms with E-state index in [0.717, 1.165) is 17.1 Å². The lowest BCUT2D eigenvalue weighted by Gasteiger charge is -2.00. The van der Waals surface area contributed by atoms with Crippen LogP contribution in [0.4, 0.5) is 5.82 Å². The molecule has 0 aromatic carbocycles. The minimum Gasteiger partial charge on any atom is -0.384 e. The fourth-order valence-electron chi connectivity index (χ4n) is 1.08. The Labute approximate surface area is 96.0 Å². The normalized spacial score (nSPS) is 10.5. The molecule has 0 radical (unpaired) electrons. The van der Waals surface area contributed by atoms with Crippen molar-refractivity contribution >= 4 is 28.9 Å². The Kier molecular flexibility index (Phi) is 3.17. The summed E-state index contributed by atoms with van der Waals surface area (Å²) in [5, 5.41) is 2.73. The van der Waals surface area contributed by atoms with Gasteiger partial charge in [0.25, 0.3) is 0 Å². The van der Waals surface area contributed by atoms with Crippen LogP contribution in [0.5, 0.6) is 0 Å². The van der Waals surface area contributed by atoms with E-state index in [9.17, 15) is 0 Å². The molecule has 0 atom stereocenters. The van der Waals surface area contributed by atoms with Gasteiger partial charge in [-0.15, -0.1) is 11.3 Å². The summed E-state index contributed by atoms with van der Waals surface area (Å²) in [5.74, 6) is 1.30. The maximum absolute atomic E-state index is 5.63. The minimum atomic E-state index is 0.517. The van der Waals surface area contributed by atoms with E-state index < -0.39 is 0 Å². The van der Waals surface area contributed by atoms with Crippen molar-refractivity contribution in [2.45, 2.75) is 17.8 Å². The largest absolute Gasteiger partial charge is 0.384 e. The van der Waals surface area contributed by atoms with Gasteiger partial charge in [-0.3, -0.25) is 0 Å². The second kappa shape index (κ2) is 4.59. The number of anilines is 1. The maximum atomic E-state index is 5.63. The van der Waals surface area contributed by atoms with Crippen LogP contribution >= 0.6 is 23.1 Å². The predicted octanol–water partition coefficient (Wildman–Crippen LogP) is 2.12. The van der Waals surface area contributed by atoms with E-state index in [1.165, 1.54) is 0 Å². The Bertz CT molecular complexity index is 421. The van der Waals surface area contributed by atoms with Gasteiger partial charge in [0.2, 0.25) is 0 Å². The van der Waals surface area contributed by atoms with Gasteiger partial charge in [0.15, 0.2) is 5.16 Å². The molecule has 4 nitrogen and oxygen atoms in total. The minimum absolute atomic E-state index is 0.517. The fraction of sp³-hybridized carbons (Fsp3) is 0.222. The highest BCUT2D eigenvalue weighted by molar-refractivity contribution is 7.98. The molecule has 2 heterocycles. The van der Waals surface area contributed by atoms with E-state index in [0.29, 0.717) is 11.0 Å². The molecule has 2 N–H and O–H groups in total. The highest BCUT2D eigenvalue weighted by atomic mass is 32.2. The third kappa shape index (κ3) is 2.90. The zero-order chi connectivity index (χ0) is 10.7. The second-order valence-electron chi connectivity index (χ2n) is 2.99. The number of aromatic nitrogens is 3. The lowest BCUT2D eigenvalue weighted by molar-refractivity contribution is 0.939. The van der Waals surface area contributed by atoms with Gasteiger partial charge in [0, 0.05) is 22.9 Å². The van der Waals surface area contributed by atoms with Crippen LogP contribution in [-0.2, 0) is 5.75 Å². The van der Waals surface area contributed by atoms with Crippen LogP contribution in [0, 0.1) is 6.92 Å². The number of nitrogen functional groups attached to an aromatic ring is 1. The van der Waals surface area contributed by atoms with Gasteiger partial charge in [-0.05, 0) is 6.92 Å². The molecule has 6 heteroatoms. The molecular formula is C9H10N4S2. The standard InChI is InChI=1S/C9H10N4S2/c1-6-2-8(10)13-9(12-6)15-4-7-3-14-5-11-7/h2-3,5H,4H2,1H3,(H2,10,12,13). The predicted molar refractivity (Wildman–Crippen MR) is 62.9 cm³/mol. The summed E-state index contributed by atoms with van der Waals surface area (Å²) >= 11 is 3.14. The number of thioether (sulfide) groups is 1. The third-order valence-electron chi connectivity index (χ3n) is 1.69. The van der Waals surface area contributed by atoms with E-state index in [4.69, 9.17) is 5.73 Å². The van der Waals surface area contributed by atoms with Crippen LogP contribution in [0.3, 0.4) is 0 Å². The van der Waals surface area contributed by atoms with Crippen molar-refractivity contribution in [3.8, 4) is 0 Å². The summed E-state index contributed by atoms with van der Waals surface area (Å²) in [6, 6.07) is 1.76. The summed E-state index contributed by atoms with van der Waals surface area (Å²) in [5.41, 5.74) is 9.39. The van der Waals surface area contributed by atoms with E-state index >= 15 is 0 Å². The van der Waals surface area contributed by atoms with Crippen LogP contribution in [0.25, 0.3) is 0 Å². The topological polar surface area (TPSA) is 64.7 Å². The monoisotopic (exact) mass is 238 g/mol. The maximum Gasteiger partial charge on any atom is 0.190 e. The number of hydrogen-bond acceptors (Lipinski definition) is 6. The van der Waals surface area contributed by atoms with Gasteiger partial charge in [-0.2, -0.15) is 0 Å². The molecule has 0 fully saturated rings. The van der Waals surface area contributed by atoms with Gasteiger partial charge >= 0.3 is 0 Å². The van der Waals surface area contributed by atoms with Crippen molar-refractivity contribution in [1.82, 2.24) is 15.0 Å². The van der Waals surface area contributed by atoms with E-state index in [1.54, 1.807) is 29.2 Å². The molecule has 2 aromatic rings. The Balaban J connectivity index is 2.05. The van der Waals surface area contributed by atoms with Crippen molar-refractivity contribution in [1.29, 1.82) is 0 Å². The SMILES string of the molecule is Cc1cc(N)nc(SCc2cscn2)n1. The van der Waals surface area contributed by atoms with Crippen molar-refractivity contribution in [3.63, 3.8) is 0 Å². The number of hydrogen-bond donors (Lipinski definition) is 1. The summed E-state index contributed by atoms with van der Waals surface area (Å²) in [6.45, 7) is 1.91. The first-order chi connectivity index (χ1) is 7.24. The number of nitrogens with zero attached hydrogens (tertiary/aromatic N) is 3. The lowest BCUT2D eigenvalue weighted by atomic mass is 10.4. The number of nitrogens with two attached hydrogens (primary N) is 1. The third-order valence-corrected chi connectivity index (χ3v) is 3.20. The van der Waals surface area contributed by atoms with Crippen LogP contribution in [0.1, 0.15) is 11.4 Å². The van der Waals surface area contributed by atoms with Crippen molar-refractivity contribution in [3.05, 3.63) is 28.3 Å². The number of aryl methyl sites for hydroxylation is 1. The first kappa shape index (κ1) is 10.4. The lowest BCUT2D eigenvalue weighted by Crippen LogP contribution is -1.96. The zero-order valence-corrected chi connectivity index (χ0v) is 9.81. The van der Waals surface area contributed by atoms with Crippen molar-refractivity contribution in [2.75, 3.05) is 5.73 Å². The molecule has 0 saturated carbocycles. The Morgan fingerprint density at radius 2 is 2.33 bits per heavy atom. The molecular weight excluding hydrogens is 228 g/mol.